The summed E-state index contributed by atoms with van der Waals surface area (Å²) < 4.78 is 45.2. The average molecular weight is 575 g/mol. The number of esters is 1. The van der Waals surface area contributed by atoms with E-state index in [2.05, 4.69) is 26.0 Å². The molecule has 4 rings (SSSR count). The van der Waals surface area contributed by atoms with Gasteiger partial charge in [-0.15, -0.1) is 0 Å². The molecule has 1 N–H and O–H groups in total. The summed E-state index contributed by atoms with van der Waals surface area (Å²) in [6.07, 6.45) is 0. The van der Waals surface area contributed by atoms with Crippen LogP contribution in [0.2, 0.25) is 0 Å². The maximum absolute atomic E-state index is 13.6. The number of nitrogens with one attached hydrogen (secondary N) is 1. The molecule has 0 atom stereocenters. The number of amides is 1. The van der Waals surface area contributed by atoms with Gasteiger partial charge >= 0.3 is 11.5 Å². The minimum absolute atomic E-state index is 0.0666. The van der Waals surface area contributed by atoms with E-state index in [0.717, 1.165) is 18.7 Å². The molecular weight excluding hydrogens is 557 g/mol. The molecule has 0 bridgehead atoms. The predicted octanol–water partition coefficient (Wildman–Crippen LogP) is 7.62. The summed E-state index contributed by atoms with van der Waals surface area (Å²) in [5, 5.41) is 3.15. The number of hydrogen-bond acceptors (Lipinski definition) is 5. The lowest BCUT2D eigenvalue weighted by molar-refractivity contribution is -0.0328. The van der Waals surface area contributed by atoms with E-state index in [-0.39, 0.29) is 21.7 Å². The fourth-order valence-corrected chi connectivity index (χ4v) is 4.79. The van der Waals surface area contributed by atoms with E-state index in [4.69, 9.17) is 4.98 Å². The Hall–Kier alpha value is -3.37. The highest BCUT2D eigenvalue weighted by Gasteiger charge is 2.31. The summed E-state index contributed by atoms with van der Waals surface area (Å²) in [5.41, 5.74) is -2.01. The van der Waals surface area contributed by atoms with E-state index in [1.54, 1.807) is 25.1 Å². The van der Waals surface area contributed by atoms with Crippen molar-refractivity contribution >= 4 is 56.2 Å². The number of rotatable bonds is 5. The van der Waals surface area contributed by atoms with Crippen molar-refractivity contribution < 1.29 is 27.5 Å². The number of aromatic nitrogens is 1. The summed E-state index contributed by atoms with van der Waals surface area (Å²) in [4.78, 5) is 29.9. The molecule has 0 fully saturated rings. The Morgan fingerprint density at radius 3 is 2.42 bits per heavy atom. The molecule has 5 nitrogen and oxygen atoms in total. The largest absolute Gasteiger partial charge is 0.465 e. The van der Waals surface area contributed by atoms with Crippen molar-refractivity contribution in [3.8, 4) is 11.3 Å². The van der Waals surface area contributed by atoms with Gasteiger partial charge in [-0.1, -0.05) is 46.3 Å². The van der Waals surface area contributed by atoms with Crippen LogP contribution in [0.1, 0.15) is 26.3 Å². The number of methoxy groups -OCH3 is 1. The van der Waals surface area contributed by atoms with Crippen LogP contribution in [0, 0.1) is 6.92 Å². The number of benzene rings is 3. The van der Waals surface area contributed by atoms with Crippen molar-refractivity contribution in [1.29, 1.82) is 0 Å². The molecule has 0 radical (unpaired) electrons. The third kappa shape index (κ3) is 5.55. The van der Waals surface area contributed by atoms with E-state index < -0.39 is 29.1 Å². The van der Waals surface area contributed by atoms with Crippen LogP contribution in [0.15, 0.2) is 76.1 Å². The number of anilines is 1. The minimum Gasteiger partial charge on any atom is -0.465 e. The van der Waals surface area contributed by atoms with Gasteiger partial charge in [0, 0.05) is 20.3 Å². The molecule has 1 aromatic heterocycles. The van der Waals surface area contributed by atoms with Crippen molar-refractivity contribution in [2.24, 2.45) is 0 Å². The molecule has 1 amide bonds. The first-order chi connectivity index (χ1) is 17.1. The first kappa shape index (κ1) is 25.7. The van der Waals surface area contributed by atoms with Crippen LogP contribution in [0.25, 0.3) is 22.2 Å². The van der Waals surface area contributed by atoms with Crippen LogP contribution >= 0.6 is 27.7 Å². The third-order valence-corrected chi connectivity index (χ3v) is 6.62. The predicted molar refractivity (Wildman–Crippen MR) is 137 cm³/mol. The molecule has 3 aromatic carbocycles. The van der Waals surface area contributed by atoms with Crippen LogP contribution < -0.4 is 5.32 Å². The summed E-state index contributed by atoms with van der Waals surface area (Å²) >= 11 is 2.99. The van der Waals surface area contributed by atoms with Crippen molar-refractivity contribution in [3.05, 3.63) is 87.9 Å². The van der Waals surface area contributed by atoms with Gasteiger partial charge in [0.1, 0.15) is 0 Å². The fourth-order valence-electron chi connectivity index (χ4n) is 3.76. The number of carbonyl (C=O) groups excluding carboxylic acids is 2. The van der Waals surface area contributed by atoms with Crippen LogP contribution in [-0.4, -0.2) is 29.5 Å². The van der Waals surface area contributed by atoms with Gasteiger partial charge < -0.3 is 10.1 Å². The maximum atomic E-state index is 13.6. The fraction of sp³-hybridized carbons (Fsp3) is 0.115. The number of pyridine rings is 1. The molecule has 0 aliphatic heterocycles. The normalized spacial score (nSPS) is 11.4. The first-order valence-corrected chi connectivity index (χ1v) is 12.1. The zero-order valence-electron chi connectivity index (χ0n) is 18.9. The van der Waals surface area contributed by atoms with Crippen LogP contribution in [0.5, 0.6) is 0 Å². The Labute approximate surface area is 217 Å². The lowest BCUT2D eigenvalue weighted by Gasteiger charge is -2.17. The molecule has 0 saturated heterocycles. The van der Waals surface area contributed by atoms with Crippen molar-refractivity contribution in [2.45, 2.75) is 17.3 Å². The molecule has 4 aromatic rings. The number of ether oxygens (including phenoxy) is 1. The van der Waals surface area contributed by atoms with Crippen molar-refractivity contribution in [3.63, 3.8) is 0 Å². The molecule has 0 aliphatic rings. The Morgan fingerprint density at radius 2 is 1.75 bits per heavy atom. The van der Waals surface area contributed by atoms with Gasteiger partial charge in [-0.3, -0.25) is 4.79 Å². The van der Waals surface area contributed by atoms with Crippen LogP contribution in [0.4, 0.5) is 18.9 Å². The second-order valence-electron chi connectivity index (χ2n) is 7.69. The highest BCUT2D eigenvalue weighted by Crippen LogP contribution is 2.41. The second-order valence-corrected chi connectivity index (χ2v) is 9.71. The molecule has 10 heteroatoms. The van der Waals surface area contributed by atoms with Gasteiger partial charge in [0.25, 0.3) is 5.91 Å². The van der Waals surface area contributed by atoms with Crippen molar-refractivity contribution in [1.82, 2.24) is 4.98 Å². The number of halogens is 4. The lowest BCUT2D eigenvalue weighted by atomic mass is 9.97. The number of alkyl halides is 3. The Morgan fingerprint density at radius 1 is 1.03 bits per heavy atom. The van der Waals surface area contributed by atoms with Crippen LogP contribution in [-0.2, 0) is 4.74 Å². The zero-order chi connectivity index (χ0) is 26.0. The molecule has 0 spiro atoms. The molecular formula is C26H18BrF3N2O3S. The summed E-state index contributed by atoms with van der Waals surface area (Å²) in [6, 6.07) is 18.2. The average Bonchev–Trinajstić information content (AvgIpc) is 2.83. The van der Waals surface area contributed by atoms with E-state index in [0.29, 0.717) is 26.6 Å². The second kappa shape index (κ2) is 10.3. The number of fused-ring (bicyclic) bond motifs is 1. The third-order valence-electron chi connectivity index (χ3n) is 5.34. The highest BCUT2D eigenvalue weighted by molar-refractivity contribution is 9.10. The topological polar surface area (TPSA) is 68.3 Å². The van der Waals surface area contributed by atoms with Crippen LogP contribution in [0.3, 0.4) is 0 Å². The molecule has 0 unspecified atom stereocenters. The Bertz CT molecular complexity index is 1480. The first-order valence-electron chi connectivity index (χ1n) is 10.5. The van der Waals surface area contributed by atoms with Gasteiger partial charge in [0.15, 0.2) is 0 Å². The summed E-state index contributed by atoms with van der Waals surface area (Å²) in [5.74, 6) is -1.39. The van der Waals surface area contributed by atoms with Gasteiger partial charge in [0.2, 0.25) is 0 Å². The summed E-state index contributed by atoms with van der Waals surface area (Å²) in [7, 11) is 1.13. The molecule has 0 saturated carbocycles. The minimum atomic E-state index is -4.64. The standard InChI is InChI=1S/C26H18BrF3N2O3S/c1-14-22(18-13-17(27)9-11-19(18)31-23(14)15-6-4-3-5-7-15)24(33)32-20-10-8-16(25(34)35-2)12-21(20)36-26(28,29)30/h3-13H,1-2H3,(H,32,33). The summed E-state index contributed by atoms with van der Waals surface area (Å²) in [6.45, 7) is 1.75. The SMILES string of the molecule is COC(=O)c1ccc(NC(=O)c2c(C)c(-c3ccccc3)nc3ccc(Br)cc23)c(SC(F)(F)F)c1. The molecule has 184 valence electrons. The monoisotopic (exact) mass is 574 g/mol. The Kier molecular flexibility index (Phi) is 7.37. The number of thioether (sulfide) groups is 1. The Balaban J connectivity index is 1.85. The quantitative estimate of drug-likeness (QED) is 0.196. The maximum Gasteiger partial charge on any atom is 0.446 e. The molecule has 0 aliphatic carbocycles. The molecule has 1 heterocycles. The number of hydrogen-bond donors (Lipinski definition) is 1. The smallest absolute Gasteiger partial charge is 0.446 e. The lowest BCUT2D eigenvalue weighted by Crippen LogP contribution is -2.16. The van der Waals surface area contributed by atoms with Gasteiger partial charge in [-0.05, 0) is 60.6 Å². The van der Waals surface area contributed by atoms with Gasteiger partial charge in [0.05, 0.1) is 35.1 Å². The molecule has 36 heavy (non-hydrogen) atoms. The van der Waals surface area contributed by atoms with E-state index in [9.17, 15) is 22.8 Å². The van der Waals surface area contributed by atoms with E-state index in [1.165, 1.54) is 12.1 Å². The zero-order valence-corrected chi connectivity index (χ0v) is 21.3. The van der Waals surface area contributed by atoms with Crippen molar-refractivity contribution in [2.75, 3.05) is 12.4 Å². The van der Waals surface area contributed by atoms with E-state index in [1.807, 2.05) is 30.3 Å². The van der Waals surface area contributed by atoms with E-state index >= 15 is 0 Å². The highest BCUT2D eigenvalue weighted by atomic mass is 79.9. The van der Waals surface area contributed by atoms with Gasteiger partial charge in [-0.25, -0.2) is 9.78 Å². The number of carbonyl (C=O) groups is 2. The van der Waals surface area contributed by atoms with Gasteiger partial charge in [-0.2, -0.15) is 13.2 Å². The number of nitrogens with zero attached hydrogens (tertiary/aromatic N) is 1.